The number of rotatable bonds is 4. The second kappa shape index (κ2) is 4.92. The Kier molecular flexibility index (Phi) is 3.82. The number of nitrogen functional groups attached to an aromatic ring is 1. The molecule has 3 N–H and O–H groups in total. The lowest BCUT2D eigenvalue weighted by molar-refractivity contribution is 0.502. The van der Waals surface area contributed by atoms with Crippen LogP contribution in [-0.4, -0.2) is 28.9 Å². The molecular weight excluding hydrogens is 202 g/mol. The third-order valence-electron chi connectivity index (χ3n) is 2.85. The van der Waals surface area contributed by atoms with E-state index in [1.54, 1.807) is 6.20 Å². The van der Waals surface area contributed by atoms with E-state index in [1.807, 2.05) is 7.05 Å². The van der Waals surface area contributed by atoms with Crippen LogP contribution in [0, 0.1) is 11.3 Å². The molecule has 5 heteroatoms. The SMILES string of the molecule is CC(C)C(C)N(C)c1cnc(C(=N)N)cn1. The molecule has 1 atom stereocenters. The molecule has 1 unspecified atom stereocenters. The zero-order valence-corrected chi connectivity index (χ0v) is 10.2. The summed E-state index contributed by atoms with van der Waals surface area (Å²) >= 11 is 0. The van der Waals surface area contributed by atoms with Gasteiger partial charge in [0.2, 0.25) is 0 Å². The molecule has 0 amide bonds. The van der Waals surface area contributed by atoms with E-state index in [9.17, 15) is 0 Å². The van der Waals surface area contributed by atoms with E-state index in [0.717, 1.165) is 5.82 Å². The van der Waals surface area contributed by atoms with Gasteiger partial charge in [-0.1, -0.05) is 13.8 Å². The fourth-order valence-electron chi connectivity index (χ4n) is 1.30. The Morgan fingerprint density at radius 3 is 2.31 bits per heavy atom. The highest BCUT2D eigenvalue weighted by Crippen LogP contribution is 2.15. The topological polar surface area (TPSA) is 78.9 Å². The number of nitrogens with two attached hydrogens (primary N) is 1. The summed E-state index contributed by atoms with van der Waals surface area (Å²) in [6.07, 6.45) is 3.18. The first-order valence-corrected chi connectivity index (χ1v) is 5.32. The molecule has 1 aromatic rings. The summed E-state index contributed by atoms with van der Waals surface area (Å²) < 4.78 is 0. The van der Waals surface area contributed by atoms with Gasteiger partial charge in [0.25, 0.3) is 0 Å². The monoisotopic (exact) mass is 221 g/mol. The Bertz CT molecular complexity index is 357. The van der Waals surface area contributed by atoms with Gasteiger partial charge in [-0.25, -0.2) is 9.97 Å². The van der Waals surface area contributed by atoms with Crippen LogP contribution in [0.25, 0.3) is 0 Å². The van der Waals surface area contributed by atoms with E-state index in [4.69, 9.17) is 11.1 Å². The van der Waals surface area contributed by atoms with Gasteiger partial charge in [-0.2, -0.15) is 0 Å². The van der Waals surface area contributed by atoms with Crippen LogP contribution in [0.3, 0.4) is 0 Å². The molecule has 0 saturated carbocycles. The van der Waals surface area contributed by atoms with Gasteiger partial charge in [0.1, 0.15) is 17.3 Å². The van der Waals surface area contributed by atoms with Crippen molar-refractivity contribution in [2.75, 3.05) is 11.9 Å². The number of hydrogen-bond donors (Lipinski definition) is 2. The highest BCUT2D eigenvalue weighted by molar-refractivity contribution is 5.92. The number of nitrogens with one attached hydrogen (secondary N) is 1. The van der Waals surface area contributed by atoms with Crippen molar-refractivity contribution < 1.29 is 0 Å². The second-order valence-electron chi connectivity index (χ2n) is 4.27. The van der Waals surface area contributed by atoms with Crippen molar-refractivity contribution in [1.29, 1.82) is 5.41 Å². The summed E-state index contributed by atoms with van der Waals surface area (Å²) in [5.41, 5.74) is 5.73. The predicted octanol–water partition coefficient (Wildman–Crippen LogP) is 1.24. The molecule has 0 aromatic carbocycles. The number of amidine groups is 1. The number of hydrogen-bond acceptors (Lipinski definition) is 4. The molecule has 1 aromatic heterocycles. The smallest absolute Gasteiger partial charge is 0.147 e. The molecule has 16 heavy (non-hydrogen) atoms. The Morgan fingerprint density at radius 1 is 1.31 bits per heavy atom. The minimum absolute atomic E-state index is 0.0568. The molecule has 88 valence electrons. The second-order valence-corrected chi connectivity index (χ2v) is 4.27. The predicted molar refractivity (Wildman–Crippen MR) is 65.8 cm³/mol. The average Bonchev–Trinajstić information content (AvgIpc) is 2.27. The fraction of sp³-hybridized carbons (Fsp3) is 0.545. The first-order valence-electron chi connectivity index (χ1n) is 5.32. The van der Waals surface area contributed by atoms with Gasteiger partial charge in [-0.15, -0.1) is 0 Å². The van der Waals surface area contributed by atoms with Crippen molar-refractivity contribution in [2.24, 2.45) is 11.7 Å². The molecule has 5 nitrogen and oxygen atoms in total. The molecule has 0 spiro atoms. The van der Waals surface area contributed by atoms with Crippen molar-refractivity contribution in [2.45, 2.75) is 26.8 Å². The summed E-state index contributed by atoms with van der Waals surface area (Å²) in [5.74, 6) is 1.28. The zero-order chi connectivity index (χ0) is 12.3. The minimum Gasteiger partial charge on any atom is -0.382 e. The largest absolute Gasteiger partial charge is 0.382 e. The van der Waals surface area contributed by atoms with Crippen molar-refractivity contribution in [3.63, 3.8) is 0 Å². The molecule has 1 rings (SSSR count). The van der Waals surface area contributed by atoms with Gasteiger partial charge in [-0.3, -0.25) is 5.41 Å². The van der Waals surface area contributed by atoms with Crippen molar-refractivity contribution in [3.8, 4) is 0 Å². The summed E-state index contributed by atoms with van der Waals surface area (Å²) in [6, 6.07) is 0.387. The van der Waals surface area contributed by atoms with Crippen LogP contribution in [0.15, 0.2) is 12.4 Å². The third kappa shape index (κ3) is 2.68. The van der Waals surface area contributed by atoms with Crippen LogP contribution in [0.1, 0.15) is 26.5 Å². The van der Waals surface area contributed by atoms with Crippen LogP contribution >= 0.6 is 0 Å². The molecule has 0 aliphatic carbocycles. The normalized spacial score (nSPS) is 12.6. The number of nitrogens with zero attached hydrogens (tertiary/aromatic N) is 3. The Labute approximate surface area is 96.2 Å². The summed E-state index contributed by atoms with van der Waals surface area (Å²) in [7, 11) is 1.99. The molecule has 0 aliphatic rings. The zero-order valence-electron chi connectivity index (χ0n) is 10.2. The van der Waals surface area contributed by atoms with E-state index in [-0.39, 0.29) is 5.84 Å². The molecule has 0 bridgehead atoms. The molecule has 0 fully saturated rings. The van der Waals surface area contributed by atoms with Crippen LogP contribution in [-0.2, 0) is 0 Å². The maximum absolute atomic E-state index is 7.23. The van der Waals surface area contributed by atoms with Gasteiger partial charge >= 0.3 is 0 Å². The summed E-state index contributed by atoms with van der Waals surface area (Å²) in [4.78, 5) is 10.4. The van der Waals surface area contributed by atoms with Crippen LogP contribution in [0.2, 0.25) is 0 Å². The van der Waals surface area contributed by atoms with E-state index in [2.05, 4.69) is 35.6 Å². The summed E-state index contributed by atoms with van der Waals surface area (Å²) in [5, 5.41) is 7.23. The van der Waals surface area contributed by atoms with E-state index in [1.165, 1.54) is 6.20 Å². The molecule has 0 saturated heterocycles. The maximum atomic E-state index is 7.23. The quantitative estimate of drug-likeness (QED) is 0.592. The van der Waals surface area contributed by atoms with Crippen molar-refractivity contribution in [1.82, 2.24) is 9.97 Å². The fourth-order valence-corrected chi connectivity index (χ4v) is 1.30. The van der Waals surface area contributed by atoms with Crippen LogP contribution in [0.5, 0.6) is 0 Å². The van der Waals surface area contributed by atoms with E-state index < -0.39 is 0 Å². The van der Waals surface area contributed by atoms with Gasteiger partial charge in [0, 0.05) is 13.1 Å². The molecule has 0 aliphatic heterocycles. The lowest BCUT2D eigenvalue weighted by atomic mass is 10.1. The number of anilines is 1. The molecule has 1 heterocycles. The van der Waals surface area contributed by atoms with E-state index >= 15 is 0 Å². The van der Waals surface area contributed by atoms with Gasteiger partial charge < -0.3 is 10.6 Å². The van der Waals surface area contributed by atoms with Crippen molar-refractivity contribution >= 4 is 11.7 Å². The highest BCUT2D eigenvalue weighted by atomic mass is 15.2. The van der Waals surface area contributed by atoms with Gasteiger partial charge in [-0.05, 0) is 12.8 Å². The van der Waals surface area contributed by atoms with Gasteiger partial charge in [0.05, 0.1) is 12.4 Å². The van der Waals surface area contributed by atoms with Crippen LogP contribution < -0.4 is 10.6 Å². The van der Waals surface area contributed by atoms with Crippen molar-refractivity contribution in [3.05, 3.63) is 18.1 Å². The van der Waals surface area contributed by atoms with Gasteiger partial charge in [0.15, 0.2) is 0 Å². The lowest BCUT2D eigenvalue weighted by Crippen LogP contribution is -2.34. The third-order valence-corrected chi connectivity index (χ3v) is 2.85. The Hall–Kier alpha value is -1.65. The first-order chi connectivity index (χ1) is 7.43. The van der Waals surface area contributed by atoms with E-state index in [0.29, 0.717) is 17.7 Å². The highest BCUT2D eigenvalue weighted by Gasteiger charge is 2.14. The number of aromatic nitrogens is 2. The average molecular weight is 221 g/mol. The van der Waals surface area contributed by atoms with Crippen LogP contribution in [0.4, 0.5) is 5.82 Å². The molecular formula is C11H19N5. The lowest BCUT2D eigenvalue weighted by Gasteiger charge is -2.28. The first kappa shape index (κ1) is 12.4. The standard InChI is InChI=1S/C11H19N5/c1-7(2)8(3)16(4)10-6-14-9(5-15-10)11(12)13/h5-8H,1-4H3,(H3,12,13). The Morgan fingerprint density at radius 2 is 1.94 bits per heavy atom. The summed E-state index contributed by atoms with van der Waals surface area (Å²) in [6.45, 7) is 6.47. The Balaban J connectivity index is 2.85. The minimum atomic E-state index is -0.0568. The maximum Gasteiger partial charge on any atom is 0.147 e. The molecule has 0 radical (unpaired) electrons.